The Morgan fingerprint density at radius 1 is 1.07 bits per heavy atom. The molecular formula is C22H24ClNO3Se. The molecule has 2 heterocycles. The first-order chi connectivity index (χ1) is 13.6. The summed E-state index contributed by atoms with van der Waals surface area (Å²) >= 11 is 6.32. The summed E-state index contributed by atoms with van der Waals surface area (Å²) in [5, 5.41) is 1.53. The van der Waals surface area contributed by atoms with Gasteiger partial charge >= 0.3 is 177 Å². The van der Waals surface area contributed by atoms with Crippen LogP contribution in [0.15, 0.2) is 54.6 Å². The molecule has 4 nitrogen and oxygen atoms in total. The number of carbonyl (C=O) groups is 1. The molecular weight excluding hydrogens is 441 g/mol. The molecule has 0 saturated carbocycles. The van der Waals surface area contributed by atoms with Crippen molar-refractivity contribution in [1.29, 1.82) is 0 Å². The number of nitrogens with zero attached hydrogens (tertiary/aromatic N) is 1. The van der Waals surface area contributed by atoms with Crippen LogP contribution in [-0.4, -0.2) is 58.7 Å². The summed E-state index contributed by atoms with van der Waals surface area (Å²) in [5.41, 5.74) is 0.488. The predicted octanol–water partition coefficient (Wildman–Crippen LogP) is 2.88. The van der Waals surface area contributed by atoms with E-state index in [4.69, 9.17) is 21.1 Å². The van der Waals surface area contributed by atoms with Crippen LogP contribution < -0.4 is 4.46 Å². The van der Waals surface area contributed by atoms with Crippen LogP contribution in [0.2, 0.25) is 10.3 Å². The molecule has 2 aliphatic heterocycles. The van der Waals surface area contributed by atoms with E-state index in [1.165, 1.54) is 4.46 Å². The average Bonchev–Trinajstić information content (AvgIpc) is 3.05. The van der Waals surface area contributed by atoms with Crippen molar-refractivity contribution in [2.75, 3.05) is 32.8 Å². The van der Waals surface area contributed by atoms with Gasteiger partial charge in [0.25, 0.3) is 0 Å². The minimum atomic E-state index is -0.561. The van der Waals surface area contributed by atoms with E-state index >= 15 is 0 Å². The fourth-order valence-electron chi connectivity index (χ4n) is 3.85. The maximum atomic E-state index is 12.8. The molecule has 2 unspecified atom stereocenters. The number of morpholine rings is 1. The van der Waals surface area contributed by atoms with Crippen molar-refractivity contribution in [3.63, 3.8) is 0 Å². The summed E-state index contributed by atoms with van der Waals surface area (Å²) < 4.78 is 12.9. The molecule has 2 aliphatic rings. The fourth-order valence-corrected chi connectivity index (χ4v) is 6.27. The topological polar surface area (TPSA) is 38.8 Å². The second-order valence-electron chi connectivity index (χ2n) is 7.34. The van der Waals surface area contributed by atoms with Crippen LogP contribution in [0.1, 0.15) is 12.0 Å². The zero-order chi connectivity index (χ0) is 19.4. The summed E-state index contributed by atoms with van der Waals surface area (Å²) in [4.78, 5) is 15.1. The van der Waals surface area contributed by atoms with E-state index in [1.54, 1.807) is 0 Å². The molecule has 28 heavy (non-hydrogen) atoms. The summed E-state index contributed by atoms with van der Waals surface area (Å²) in [6, 6.07) is 18.2. The van der Waals surface area contributed by atoms with Crippen molar-refractivity contribution in [2.24, 2.45) is 5.92 Å². The molecule has 0 aliphatic carbocycles. The van der Waals surface area contributed by atoms with Crippen LogP contribution in [-0.2, 0) is 19.9 Å². The molecule has 4 rings (SSSR count). The maximum absolute atomic E-state index is 12.8. The van der Waals surface area contributed by atoms with Crippen molar-refractivity contribution in [1.82, 2.24) is 4.90 Å². The van der Waals surface area contributed by atoms with Crippen molar-refractivity contribution in [3.8, 4) is 0 Å². The van der Waals surface area contributed by atoms with Crippen LogP contribution in [0.3, 0.4) is 0 Å². The number of rotatable bonds is 6. The molecule has 0 spiro atoms. The summed E-state index contributed by atoms with van der Waals surface area (Å²) in [6.45, 7) is 3.98. The number of ether oxygens (including phenoxy) is 2. The third kappa shape index (κ3) is 4.61. The van der Waals surface area contributed by atoms with E-state index in [9.17, 15) is 4.79 Å². The van der Waals surface area contributed by atoms with Gasteiger partial charge in [-0.3, -0.25) is 0 Å². The van der Waals surface area contributed by atoms with Crippen LogP contribution in [0.5, 0.6) is 0 Å². The normalized spacial score (nSPS) is 25.6. The van der Waals surface area contributed by atoms with Gasteiger partial charge in [-0.25, -0.2) is 0 Å². The Morgan fingerprint density at radius 3 is 2.50 bits per heavy atom. The van der Waals surface area contributed by atoms with E-state index in [1.807, 2.05) is 30.3 Å². The molecule has 0 N–H and O–H groups in total. The quantitative estimate of drug-likeness (QED) is 0.487. The molecule has 0 radical (unpaired) electrons. The molecule has 0 aromatic heterocycles. The first-order valence-electron chi connectivity index (χ1n) is 9.61. The number of hydrogen-bond donors (Lipinski definition) is 0. The number of cyclic esters (lactones) is 1. The zero-order valence-electron chi connectivity index (χ0n) is 15.7. The number of halogens is 1. The second kappa shape index (κ2) is 8.98. The summed E-state index contributed by atoms with van der Waals surface area (Å²) in [7, 11) is 0. The van der Waals surface area contributed by atoms with Gasteiger partial charge in [0.2, 0.25) is 0 Å². The van der Waals surface area contributed by atoms with Gasteiger partial charge in [-0.1, -0.05) is 0 Å². The van der Waals surface area contributed by atoms with Crippen LogP contribution >= 0.6 is 11.6 Å². The van der Waals surface area contributed by atoms with Gasteiger partial charge in [-0.05, 0) is 0 Å². The van der Waals surface area contributed by atoms with Crippen molar-refractivity contribution in [2.45, 2.75) is 17.3 Å². The molecule has 2 atom stereocenters. The second-order valence-corrected chi connectivity index (χ2v) is 9.97. The fraction of sp³-hybridized carbons (Fsp3) is 0.409. The monoisotopic (exact) mass is 465 g/mol. The van der Waals surface area contributed by atoms with Crippen LogP contribution in [0, 0.1) is 5.92 Å². The van der Waals surface area contributed by atoms with Gasteiger partial charge in [0.1, 0.15) is 0 Å². The molecule has 6 heteroatoms. The Labute approximate surface area is 177 Å². The Hall–Kier alpha value is -1.36. The SMILES string of the molecule is O=C1OC(C[Se]c2ccccc2)(c2ccc(Cl)cc2)CC1CN1CCOCC1. The Balaban J connectivity index is 1.54. The Bertz CT molecular complexity index is 795. The van der Waals surface area contributed by atoms with E-state index in [2.05, 4.69) is 29.2 Å². The third-order valence-corrected chi connectivity index (χ3v) is 8.18. The molecule has 0 amide bonds. The van der Waals surface area contributed by atoms with E-state index in [0.29, 0.717) is 5.02 Å². The average molecular weight is 465 g/mol. The van der Waals surface area contributed by atoms with E-state index in [0.717, 1.165) is 50.2 Å². The van der Waals surface area contributed by atoms with Gasteiger partial charge in [0.05, 0.1) is 0 Å². The predicted molar refractivity (Wildman–Crippen MR) is 111 cm³/mol. The molecule has 2 fully saturated rings. The standard InChI is InChI=1S/C22H24ClNO3Se/c23-19-8-6-18(7-9-19)22(16-28-20-4-2-1-3-5-20)14-17(21(25)27-22)15-24-10-12-26-13-11-24/h1-9,17H,10-16H2. The Kier molecular flexibility index (Phi) is 6.39. The number of carbonyl (C=O) groups excluding carboxylic acids is 1. The first kappa shape index (κ1) is 19.9. The summed E-state index contributed by atoms with van der Waals surface area (Å²) in [5.74, 6) is -0.175. The van der Waals surface area contributed by atoms with Gasteiger partial charge in [0.15, 0.2) is 0 Å². The van der Waals surface area contributed by atoms with Crippen LogP contribution in [0.25, 0.3) is 0 Å². The van der Waals surface area contributed by atoms with E-state index < -0.39 is 5.60 Å². The molecule has 2 aromatic carbocycles. The van der Waals surface area contributed by atoms with Gasteiger partial charge in [-0.2, -0.15) is 0 Å². The minimum absolute atomic E-state index is 0.0784. The molecule has 148 valence electrons. The van der Waals surface area contributed by atoms with Gasteiger partial charge in [0, 0.05) is 0 Å². The molecule has 2 aromatic rings. The van der Waals surface area contributed by atoms with Crippen molar-refractivity contribution >= 4 is 37.0 Å². The zero-order valence-corrected chi connectivity index (χ0v) is 18.2. The first-order valence-corrected chi connectivity index (χ1v) is 12.1. The summed E-state index contributed by atoms with van der Waals surface area (Å²) in [6.07, 6.45) is 0.722. The van der Waals surface area contributed by atoms with Gasteiger partial charge < -0.3 is 0 Å². The Morgan fingerprint density at radius 2 is 1.79 bits per heavy atom. The molecule has 2 saturated heterocycles. The number of benzene rings is 2. The van der Waals surface area contributed by atoms with Crippen molar-refractivity contribution in [3.05, 3.63) is 65.2 Å². The third-order valence-electron chi connectivity index (χ3n) is 5.37. The number of esters is 1. The van der Waals surface area contributed by atoms with Gasteiger partial charge in [-0.15, -0.1) is 0 Å². The van der Waals surface area contributed by atoms with Crippen LogP contribution in [0.4, 0.5) is 0 Å². The van der Waals surface area contributed by atoms with Crippen molar-refractivity contribution < 1.29 is 14.3 Å². The van der Waals surface area contributed by atoms with E-state index in [-0.39, 0.29) is 26.8 Å². The molecule has 0 bridgehead atoms. The number of hydrogen-bond acceptors (Lipinski definition) is 4.